The van der Waals surface area contributed by atoms with Gasteiger partial charge in [0.25, 0.3) is 0 Å². The largest absolute Gasteiger partial charge is 0.393 e. The van der Waals surface area contributed by atoms with E-state index in [0.717, 1.165) is 5.92 Å². The number of aliphatic hydroxyl groups excluding tert-OH is 1. The van der Waals surface area contributed by atoms with Crippen molar-refractivity contribution >= 4 is 0 Å². The van der Waals surface area contributed by atoms with Crippen LogP contribution in [0.2, 0.25) is 0 Å². The molecule has 0 heterocycles. The van der Waals surface area contributed by atoms with Crippen LogP contribution in [0.15, 0.2) is 0 Å². The third kappa shape index (κ3) is 1.51. The summed E-state index contributed by atoms with van der Waals surface area (Å²) in [5.41, 5.74) is 0. The van der Waals surface area contributed by atoms with Crippen molar-refractivity contribution in [2.75, 3.05) is 0 Å². The molecule has 1 unspecified atom stereocenters. The molecule has 1 atom stereocenters. The highest BCUT2D eigenvalue weighted by molar-refractivity contribution is 4.83. The van der Waals surface area contributed by atoms with E-state index < -0.39 is 0 Å². The fraction of sp³-hybridized carbons (Fsp3) is 1.00. The van der Waals surface area contributed by atoms with Crippen LogP contribution in [0.25, 0.3) is 0 Å². The second kappa shape index (κ2) is 2.91. The van der Waals surface area contributed by atoms with Crippen molar-refractivity contribution in [2.45, 2.75) is 39.7 Å². The molecule has 10 heavy (non-hydrogen) atoms. The van der Waals surface area contributed by atoms with Crippen molar-refractivity contribution in [2.24, 2.45) is 17.8 Å². The Bertz CT molecular complexity index is 103. The van der Waals surface area contributed by atoms with E-state index in [-0.39, 0.29) is 6.10 Å². The number of aliphatic hydroxyl groups is 1. The Kier molecular flexibility index (Phi) is 2.35. The SMILES string of the molecule is CC1CC(C(O)C(C)C)C1. The molecule has 1 saturated carbocycles. The molecule has 1 nitrogen and oxygen atoms in total. The van der Waals surface area contributed by atoms with Crippen LogP contribution >= 0.6 is 0 Å². The highest BCUT2D eigenvalue weighted by Crippen LogP contribution is 2.37. The highest BCUT2D eigenvalue weighted by atomic mass is 16.3. The monoisotopic (exact) mass is 142 g/mol. The molecule has 60 valence electrons. The van der Waals surface area contributed by atoms with E-state index in [1.165, 1.54) is 12.8 Å². The number of hydrogen-bond donors (Lipinski definition) is 1. The van der Waals surface area contributed by atoms with Crippen molar-refractivity contribution in [3.8, 4) is 0 Å². The molecular weight excluding hydrogens is 124 g/mol. The lowest BCUT2D eigenvalue weighted by Crippen LogP contribution is -2.35. The van der Waals surface area contributed by atoms with E-state index in [2.05, 4.69) is 20.8 Å². The third-order valence-electron chi connectivity index (χ3n) is 2.58. The summed E-state index contributed by atoms with van der Waals surface area (Å²) in [6.45, 7) is 6.44. The number of rotatable bonds is 2. The van der Waals surface area contributed by atoms with Gasteiger partial charge in [0, 0.05) is 0 Å². The summed E-state index contributed by atoms with van der Waals surface area (Å²) in [4.78, 5) is 0. The molecule has 0 bridgehead atoms. The minimum absolute atomic E-state index is 0.0452. The van der Waals surface area contributed by atoms with Gasteiger partial charge in [0.2, 0.25) is 0 Å². The van der Waals surface area contributed by atoms with E-state index in [9.17, 15) is 5.11 Å². The Morgan fingerprint density at radius 3 is 2.10 bits per heavy atom. The van der Waals surface area contributed by atoms with Gasteiger partial charge in [-0.1, -0.05) is 20.8 Å². The lowest BCUT2D eigenvalue weighted by molar-refractivity contribution is 0.00303. The van der Waals surface area contributed by atoms with Crippen molar-refractivity contribution in [1.82, 2.24) is 0 Å². The standard InChI is InChI=1S/C9H18O/c1-6(2)9(10)8-4-7(3)5-8/h6-10H,4-5H2,1-3H3. The van der Waals surface area contributed by atoms with Gasteiger partial charge in [0.05, 0.1) is 6.10 Å². The molecule has 1 aliphatic carbocycles. The van der Waals surface area contributed by atoms with Crippen LogP contribution in [0.1, 0.15) is 33.6 Å². The van der Waals surface area contributed by atoms with Crippen LogP contribution < -0.4 is 0 Å². The fourth-order valence-electron chi connectivity index (χ4n) is 1.79. The van der Waals surface area contributed by atoms with E-state index in [4.69, 9.17) is 0 Å². The molecule has 0 aromatic heterocycles. The smallest absolute Gasteiger partial charge is 0.0591 e. The average Bonchev–Trinajstić information content (AvgIpc) is 1.79. The minimum atomic E-state index is -0.0452. The van der Waals surface area contributed by atoms with Gasteiger partial charge in [-0.3, -0.25) is 0 Å². The minimum Gasteiger partial charge on any atom is -0.393 e. The lowest BCUT2D eigenvalue weighted by Gasteiger charge is -2.37. The summed E-state index contributed by atoms with van der Waals surface area (Å²) in [5, 5.41) is 9.56. The van der Waals surface area contributed by atoms with Crippen molar-refractivity contribution in [3.63, 3.8) is 0 Å². The zero-order chi connectivity index (χ0) is 7.72. The Morgan fingerprint density at radius 1 is 1.30 bits per heavy atom. The van der Waals surface area contributed by atoms with Crippen molar-refractivity contribution < 1.29 is 5.11 Å². The quantitative estimate of drug-likeness (QED) is 0.625. The first-order valence-corrected chi connectivity index (χ1v) is 4.29. The molecule has 1 fully saturated rings. The van der Waals surface area contributed by atoms with Crippen molar-refractivity contribution in [3.05, 3.63) is 0 Å². The maximum atomic E-state index is 9.56. The summed E-state index contributed by atoms with van der Waals surface area (Å²) in [6.07, 6.45) is 2.43. The summed E-state index contributed by atoms with van der Waals surface area (Å²) in [6, 6.07) is 0. The van der Waals surface area contributed by atoms with Gasteiger partial charge in [-0.05, 0) is 30.6 Å². The van der Waals surface area contributed by atoms with Crippen LogP contribution in [0.4, 0.5) is 0 Å². The number of hydrogen-bond acceptors (Lipinski definition) is 1. The topological polar surface area (TPSA) is 20.2 Å². The summed E-state index contributed by atoms with van der Waals surface area (Å²) >= 11 is 0. The summed E-state index contributed by atoms with van der Waals surface area (Å²) in [7, 11) is 0. The van der Waals surface area contributed by atoms with Gasteiger partial charge in [-0.25, -0.2) is 0 Å². The predicted octanol–water partition coefficient (Wildman–Crippen LogP) is 2.05. The Labute approximate surface area is 63.4 Å². The van der Waals surface area contributed by atoms with Gasteiger partial charge in [0.15, 0.2) is 0 Å². The van der Waals surface area contributed by atoms with Gasteiger partial charge >= 0.3 is 0 Å². The maximum absolute atomic E-state index is 9.56. The highest BCUT2D eigenvalue weighted by Gasteiger charge is 2.32. The summed E-state index contributed by atoms with van der Waals surface area (Å²) in [5.74, 6) is 1.91. The van der Waals surface area contributed by atoms with Gasteiger partial charge in [-0.15, -0.1) is 0 Å². The molecule has 1 heteroatoms. The first kappa shape index (κ1) is 8.06. The van der Waals surface area contributed by atoms with Gasteiger partial charge in [0.1, 0.15) is 0 Å². The van der Waals surface area contributed by atoms with Crippen LogP contribution in [0, 0.1) is 17.8 Å². The molecule has 0 amide bonds. The molecule has 0 aromatic rings. The molecule has 0 aliphatic heterocycles. The van der Waals surface area contributed by atoms with Gasteiger partial charge in [-0.2, -0.15) is 0 Å². The first-order valence-electron chi connectivity index (χ1n) is 4.29. The predicted molar refractivity (Wildman–Crippen MR) is 42.7 cm³/mol. The molecular formula is C9H18O. The molecule has 1 rings (SSSR count). The second-order valence-corrected chi connectivity index (χ2v) is 4.07. The van der Waals surface area contributed by atoms with E-state index in [0.29, 0.717) is 11.8 Å². The average molecular weight is 142 g/mol. The van der Waals surface area contributed by atoms with Crippen LogP contribution in [-0.2, 0) is 0 Å². The van der Waals surface area contributed by atoms with E-state index in [1.54, 1.807) is 0 Å². The van der Waals surface area contributed by atoms with Gasteiger partial charge < -0.3 is 5.11 Å². The summed E-state index contributed by atoms with van der Waals surface area (Å²) < 4.78 is 0. The normalized spacial score (nSPS) is 35.7. The Morgan fingerprint density at radius 2 is 1.80 bits per heavy atom. The van der Waals surface area contributed by atoms with E-state index >= 15 is 0 Å². The molecule has 0 radical (unpaired) electrons. The van der Waals surface area contributed by atoms with Crippen LogP contribution in [0.5, 0.6) is 0 Å². The molecule has 0 aromatic carbocycles. The van der Waals surface area contributed by atoms with E-state index in [1.807, 2.05) is 0 Å². The molecule has 0 saturated heterocycles. The van der Waals surface area contributed by atoms with Crippen LogP contribution in [-0.4, -0.2) is 11.2 Å². The Hall–Kier alpha value is -0.0400. The fourth-order valence-corrected chi connectivity index (χ4v) is 1.79. The lowest BCUT2D eigenvalue weighted by atomic mass is 9.71. The maximum Gasteiger partial charge on any atom is 0.0591 e. The first-order chi connectivity index (χ1) is 4.61. The molecule has 1 aliphatic rings. The van der Waals surface area contributed by atoms with Crippen LogP contribution in [0.3, 0.4) is 0 Å². The van der Waals surface area contributed by atoms with Crippen molar-refractivity contribution in [1.29, 1.82) is 0 Å². The third-order valence-corrected chi connectivity index (χ3v) is 2.58. The molecule has 1 N–H and O–H groups in total. The zero-order valence-electron chi connectivity index (χ0n) is 7.17. The second-order valence-electron chi connectivity index (χ2n) is 4.07. The Balaban J connectivity index is 2.24. The zero-order valence-corrected chi connectivity index (χ0v) is 7.17. The molecule has 0 spiro atoms.